The largest absolute Gasteiger partial charge is 0.505 e. The maximum atomic E-state index is 12.2. The van der Waals surface area contributed by atoms with Crippen LogP contribution in [0.15, 0.2) is 33.9 Å². The molecule has 2 rings (SSSR count). The minimum Gasteiger partial charge on any atom is -0.505 e. The van der Waals surface area contributed by atoms with Crippen LogP contribution >= 0.6 is 0 Å². The molecule has 2 aromatic carbocycles. The van der Waals surface area contributed by atoms with Crippen molar-refractivity contribution >= 4 is 23.0 Å². The van der Waals surface area contributed by atoms with Crippen molar-refractivity contribution in [2.24, 2.45) is 0 Å². The van der Waals surface area contributed by atoms with Crippen molar-refractivity contribution in [3.63, 3.8) is 0 Å². The molecular weight excluding hydrogens is 348 g/mol. The van der Waals surface area contributed by atoms with Gasteiger partial charge in [0.25, 0.3) is 16.8 Å². The first-order valence-electron chi connectivity index (χ1n) is 8.09. The van der Waals surface area contributed by atoms with Gasteiger partial charge in [0.1, 0.15) is 11.4 Å². The highest BCUT2D eigenvalue weighted by Crippen LogP contribution is 2.33. The minimum atomic E-state index is -0.756. The van der Waals surface area contributed by atoms with Gasteiger partial charge in [0.05, 0.1) is 22.9 Å². The van der Waals surface area contributed by atoms with Gasteiger partial charge in [-0.15, -0.1) is 0 Å². The topological polar surface area (TPSA) is 123 Å². The number of aromatic hydroxyl groups is 1. The molecule has 0 fully saturated rings. The molecule has 0 aliphatic rings. The normalized spacial score (nSPS) is 11.5. The van der Waals surface area contributed by atoms with Crippen molar-refractivity contribution in [3.05, 3.63) is 55.9 Å². The van der Waals surface area contributed by atoms with Gasteiger partial charge in [0.15, 0.2) is 5.75 Å². The first-order valence-corrected chi connectivity index (χ1v) is 8.09. The molecule has 3 N–H and O–H groups in total. The summed E-state index contributed by atoms with van der Waals surface area (Å²) in [5, 5.41) is 25.2. The molecular formula is C19H20N4O4. The molecule has 140 valence electrons. The molecule has 0 radical (unpaired) electrons. The SMILES string of the molecule is C=C(C)[C@H](C)Nc1c(Nc2cc(C#N)cc(C(=O)N(C)C)c2O)c(=O)c1=O. The number of rotatable bonds is 6. The second kappa shape index (κ2) is 7.33. The predicted octanol–water partition coefficient (Wildman–Crippen LogP) is 1.68. The van der Waals surface area contributed by atoms with E-state index in [1.165, 1.54) is 31.1 Å². The Morgan fingerprint density at radius 2 is 1.85 bits per heavy atom. The van der Waals surface area contributed by atoms with Crippen molar-refractivity contribution in [2.45, 2.75) is 19.9 Å². The second-order valence-corrected chi connectivity index (χ2v) is 6.48. The van der Waals surface area contributed by atoms with Gasteiger partial charge >= 0.3 is 0 Å². The monoisotopic (exact) mass is 368 g/mol. The Hall–Kier alpha value is -3.60. The average Bonchev–Trinajstić information content (AvgIpc) is 2.64. The Morgan fingerprint density at radius 1 is 1.26 bits per heavy atom. The summed E-state index contributed by atoms with van der Waals surface area (Å²) in [6.45, 7) is 7.34. The Morgan fingerprint density at radius 3 is 2.37 bits per heavy atom. The number of anilines is 3. The molecule has 1 atom stereocenters. The van der Waals surface area contributed by atoms with E-state index in [9.17, 15) is 24.8 Å². The quantitative estimate of drug-likeness (QED) is 0.403. The van der Waals surface area contributed by atoms with Crippen LogP contribution in [0, 0.1) is 11.3 Å². The first-order chi connectivity index (χ1) is 12.6. The molecule has 0 heterocycles. The van der Waals surface area contributed by atoms with Crippen LogP contribution in [0.2, 0.25) is 0 Å². The fourth-order valence-electron chi connectivity index (χ4n) is 2.32. The molecule has 0 unspecified atom stereocenters. The first kappa shape index (κ1) is 19.7. The highest BCUT2D eigenvalue weighted by Gasteiger charge is 2.25. The molecule has 2 aromatic rings. The number of carbonyl (C=O) groups excluding carboxylic acids is 1. The number of carbonyl (C=O) groups is 1. The molecule has 0 saturated carbocycles. The van der Waals surface area contributed by atoms with E-state index in [0.717, 1.165) is 5.57 Å². The lowest BCUT2D eigenvalue weighted by Crippen LogP contribution is -2.38. The smallest absolute Gasteiger partial charge is 0.257 e. The molecule has 27 heavy (non-hydrogen) atoms. The zero-order chi connectivity index (χ0) is 20.5. The molecule has 0 aliphatic carbocycles. The lowest BCUT2D eigenvalue weighted by Gasteiger charge is -2.21. The van der Waals surface area contributed by atoms with Crippen molar-refractivity contribution in [2.75, 3.05) is 24.7 Å². The van der Waals surface area contributed by atoms with Gasteiger partial charge in [0.2, 0.25) is 0 Å². The lowest BCUT2D eigenvalue weighted by molar-refractivity contribution is 0.0824. The Labute approximate surface area is 156 Å². The number of phenols is 1. The van der Waals surface area contributed by atoms with E-state index in [-0.39, 0.29) is 34.2 Å². The molecule has 0 spiro atoms. The maximum Gasteiger partial charge on any atom is 0.257 e. The van der Waals surface area contributed by atoms with Gasteiger partial charge in [-0.3, -0.25) is 14.4 Å². The number of nitrogens with one attached hydrogen (secondary N) is 2. The number of nitriles is 1. The van der Waals surface area contributed by atoms with Gasteiger partial charge < -0.3 is 20.6 Å². The maximum absolute atomic E-state index is 12.2. The third-order valence-corrected chi connectivity index (χ3v) is 4.15. The van der Waals surface area contributed by atoms with Crippen molar-refractivity contribution in [3.8, 4) is 11.8 Å². The number of benzene rings is 1. The molecule has 8 heteroatoms. The van der Waals surface area contributed by atoms with Crippen LogP contribution in [0.1, 0.15) is 29.8 Å². The van der Waals surface area contributed by atoms with Crippen molar-refractivity contribution in [1.82, 2.24) is 4.90 Å². The van der Waals surface area contributed by atoms with Crippen LogP contribution in [0.5, 0.6) is 5.75 Å². The summed E-state index contributed by atoms with van der Waals surface area (Å²) in [5.74, 6) is -0.924. The summed E-state index contributed by atoms with van der Waals surface area (Å²) in [4.78, 5) is 37.3. The average molecular weight is 368 g/mol. The fourth-order valence-corrected chi connectivity index (χ4v) is 2.32. The number of phenolic OH excluding ortho intramolecular Hbond substituents is 1. The summed E-state index contributed by atoms with van der Waals surface area (Å²) in [7, 11) is 3.01. The highest BCUT2D eigenvalue weighted by atomic mass is 16.3. The number of hydrogen-bond acceptors (Lipinski definition) is 7. The Balaban J connectivity index is 2.49. The van der Waals surface area contributed by atoms with E-state index in [1.54, 1.807) is 13.8 Å². The van der Waals surface area contributed by atoms with E-state index < -0.39 is 22.5 Å². The van der Waals surface area contributed by atoms with Crippen LogP contribution in [0.3, 0.4) is 0 Å². The van der Waals surface area contributed by atoms with Gasteiger partial charge in [-0.1, -0.05) is 12.2 Å². The van der Waals surface area contributed by atoms with Gasteiger partial charge in [-0.25, -0.2) is 0 Å². The van der Waals surface area contributed by atoms with E-state index in [1.807, 2.05) is 6.07 Å². The van der Waals surface area contributed by atoms with E-state index in [2.05, 4.69) is 17.2 Å². The summed E-state index contributed by atoms with van der Waals surface area (Å²) in [6.07, 6.45) is 0. The van der Waals surface area contributed by atoms with Crippen molar-refractivity contribution < 1.29 is 9.90 Å². The van der Waals surface area contributed by atoms with Crippen LogP contribution < -0.4 is 21.5 Å². The molecule has 0 aliphatic heterocycles. The highest BCUT2D eigenvalue weighted by molar-refractivity contribution is 5.99. The van der Waals surface area contributed by atoms with Gasteiger partial charge in [-0.05, 0) is 26.0 Å². The van der Waals surface area contributed by atoms with Crippen molar-refractivity contribution in [1.29, 1.82) is 5.26 Å². The zero-order valence-corrected chi connectivity index (χ0v) is 15.5. The standard InChI is InChI=1S/C19H20N4O4/c1-9(2)10(3)21-14-15(18(26)17(14)25)22-13-7-11(8-20)6-12(16(13)24)19(27)23(4)5/h6-7,10,21-22,24H,1H2,2-5H3/t10-/m0/s1. The minimum absolute atomic E-state index is 0.0163. The predicted molar refractivity (Wildman–Crippen MR) is 103 cm³/mol. The van der Waals surface area contributed by atoms with E-state index in [0.29, 0.717) is 0 Å². The third-order valence-electron chi connectivity index (χ3n) is 4.15. The van der Waals surface area contributed by atoms with Crippen LogP contribution in [-0.2, 0) is 0 Å². The third kappa shape index (κ3) is 3.67. The van der Waals surface area contributed by atoms with E-state index >= 15 is 0 Å². The van der Waals surface area contributed by atoms with Gasteiger partial charge in [-0.2, -0.15) is 5.26 Å². The zero-order valence-electron chi connectivity index (χ0n) is 15.5. The Bertz CT molecular complexity index is 1040. The number of amides is 1. The molecule has 8 nitrogen and oxygen atoms in total. The Kier molecular flexibility index (Phi) is 5.36. The summed E-state index contributed by atoms with van der Waals surface area (Å²) in [6, 6.07) is 4.20. The van der Waals surface area contributed by atoms with Crippen LogP contribution in [0.25, 0.3) is 0 Å². The van der Waals surface area contributed by atoms with Gasteiger partial charge in [0, 0.05) is 20.1 Å². The second-order valence-electron chi connectivity index (χ2n) is 6.48. The fraction of sp³-hybridized carbons (Fsp3) is 0.263. The number of nitrogens with zero attached hydrogens (tertiary/aromatic N) is 2. The van der Waals surface area contributed by atoms with E-state index in [4.69, 9.17) is 0 Å². The number of hydrogen-bond donors (Lipinski definition) is 3. The summed E-state index contributed by atoms with van der Waals surface area (Å²) in [5.41, 5.74) is -0.645. The lowest BCUT2D eigenvalue weighted by atomic mass is 10.1. The molecule has 0 aromatic heterocycles. The molecule has 0 bridgehead atoms. The molecule has 0 saturated heterocycles. The van der Waals surface area contributed by atoms with Crippen LogP contribution in [-0.4, -0.2) is 36.1 Å². The van der Waals surface area contributed by atoms with Crippen LogP contribution in [0.4, 0.5) is 17.1 Å². The summed E-state index contributed by atoms with van der Waals surface area (Å²) >= 11 is 0. The summed E-state index contributed by atoms with van der Waals surface area (Å²) < 4.78 is 0. The molecule has 1 amide bonds.